The number of carbonyl (C=O) groups excluding carboxylic acids is 3. The summed E-state index contributed by atoms with van der Waals surface area (Å²) in [6.07, 6.45) is 81.1. The van der Waals surface area contributed by atoms with Crippen LogP contribution in [0, 0.1) is 0 Å². The maximum absolute atomic E-state index is 12.9. The Bertz CT molecular complexity index is 1710. The van der Waals surface area contributed by atoms with Gasteiger partial charge in [-0.1, -0.05) is 251 Å². The first kappa shape index (κ1) is 74.7. The molecule has 450 valence electrons. The number of unbranched alkanes of at least 4 members (excludes halogenated alkanes) is 22. The van der Waals surface area contributed by atoms with E-state index < -0.39 is 24.3 Å². The van der Waals surface area contributed by atoms with Gasteiger partial charge in [0.1, 0.15) is 13.2 Å². The number of carbonyl (C=O) groups is 3. The van der Waals surface area contributed by atoms with E-state index in [1.807, 2.05) is 21.1 Å². The van der Waals surface area contributed by atoms with Gasteiger partial charge in [-0.2, -0.15) is 0 Å². The van der Waals surface area contributed by atoms with Crippen molar-refractivity contribution in [3.8, 4) is 0 Å². The molecule has 9 heteroatoms. The quantitative estimate of drug-likeness (QED) is 0.0195. The van der Waals surface area contributed by atoms with E-state index >= 15 is 0 Å². The summed E-state index contributed by atoms with van der Waals surface area (Å²) in [4.78, 5) is 37.4. The number of esters is 2. The fourth-order valence-electron chi connectivity index (χ4n) is 8.41. The van der Waals surface area contributed by atoms with Crippen molar-refractivity contribution in [3.05, 3.63) is 122 Å². The van der Waals surface area contributed by atoms with Gasteiger partial charge in [0.15, 0.2) is 12.4 Å². The van der Waals surface area contributed by atoms with Gasteiger partial charge in [-0.15, -0.1) is 0 Å². The van der Waals surface area contributed by atoms with Gasteiger partial charge in [-0.3, -0.25) is 9.59 Å². The van der Waals surface area contributed by atoms with Crippen LogP contribution in [0.3, 0.4) is 0 Å². The topological polar surface area (TPSA) is 111 Å². The van der Waals surface area contributed by atoms with E-state index in [1.165, 1.54) is 89.9 Å². The molecule has 0 spiro atoms. The molecule has 0 aromatic carbocycles. The van der Waals surface area contributed by atoms with E-state index in [0.717, 1.165) is 122 Å². The van der Waals surface area contributed by atoms with Crippen LogP contribution in [-0.2, 0) is 33.3 Å². The van der Waals surface area contributed by atoms with Crippen LogP contribution < -0.4 is 5.11 Å². The highest BCUT2D eigenvalue weighted by atomic mass is 16.7. The Hall–Kier alpha value is -4.31. The standard InChI is InChI=1S/C70H117NO8/c1-6-8-10-12-14-16-18-20-22-24-26-28-30-32-33-34-35-37-38-40-42-44-46-48-50-52-54-56-58-60-67(72)77-64-66(65-78-70(69(74)75)76-63-62-71(3,4)5)79-68(73)61-59-57-55-53-51-49-47-45-43-41-39-36-31-29-27-25-23-21-19-17-15-13-11-9-7-2/h8-11,14-17,20-23,26-29,36,39,43,45,66,70H,6-7,12-13,18-19,24-25,30-35,37-38,40-42,44,46-65H2,1-5H3/b10-8-,11-9-,16-14-,17-15-,22-20-,23-21-,28-26-,29-27-,39-36-,45-43-. The summed E-state index contributed by atoms with van der Waals surface area (Å²) in [5, 5.41) is 11.8. The molecule has 0 amide bonds. The van der Waals surface area contributed by atoms with Crippen molar-refractivity contribution in [2.75, 3.05) is 47.5 Å². The van der Waals surface area contributed by atoms with Crippen molar-refractivity contribution in [1.29, 1.82) is 0 Å². The zero-order valence-electron chi connectivity index (χ0n) is 51.2. The highest BCUT2D eigenvalue weighted by Crippen LogP contribution is 2.16. The number of hydrogen-bond donors (Lipinski definition) is 0. The van der Waals surface area contributed by atoms with Gasteiger partial charge < -0.3 is 33.3 Å². The molecule has 0 fully saturated rings. The Morgan fingerprint density at radius 2 is 0.684 bits per heavy atom. The number of nitrogens with zero attached hydrogens (tertiary/aromatic N) is 1. The Balaban J connectivity index is 4.22. The largest absolute Gasteiger partial charge is 0.545 e. The summed E-state index contributed by atoms with van der Waals surface area (Å²) in [6.45, 7) is 4.51. The number of rotatable bonds is 57. The lowest BCUT2D eigenvalue weighted by Gasteiger charge is -2.26. The molecule has 2 atom stereocenters. The van der Waals surface area contributed by atoms with E-state index in [0.29, 0.717) is 17.4 Å². The molecule has 9 nitrogen and oxygen atoms in total. The fourth-order valence-corrected chi connectivity index (χ4v) is 8.41. The molecule has 0 rings (SSSR count). The van der Waals surface area contributed by atoms with Crippen LogP contribution in [0.1, 0.15) is 245 Å². The van der Waals surface area contributed by atoms with E-state index in [4.69, 9.17) is 18.9 Å². The molecule has 0 saturated heterocycles. The monoisotopic (exact) mass is 1100 g/mol. The molecule has 0 N–H and O–H groups in total. The van der Waals surface area contributed by atoms with Crippen molar-refractivity contribution < 1.29 is 42.9 Å². The average Bonchev–Trinajstić information content (AvgIpc) is 3.42. The lowest BCUT2D eigenvalue weighted by Crippen LogP contribution is -2.44. The Morgan fingerprint density at radius 3 is 1.01 bits per heavy atom. The molecule has 0 aliphatic heterocycles. The van der Waals surface area contributed by atoms with Gasteiger partial charge in [0.05, 0.1) is 40.3 Å². The third-order valence-corrected chi connectivity index (χ3v) is 13.2. The molecule has 0 heterocycles. The Kier molecular flexibility index (Phi) is 56.5. The summed E-state index contributed by atoms with van der Waals surface area (Å²) in [6, 6.07) is 0. The van der Waals surface area contributed by atoms with Crippen LogP contribution in [0.4, 0.5) is 0 Å². The van der Waals surface area contributed by atoms with Gasteiger partial charge in [0, 0.05) is 12.8 Å². The predicted octanol–water partition coefficient (Wildman–Crippen LogP) is 17.9. The second kappa shape index (κ2) is 59.8. The van der Waals surface area contributed by atoms with Gasteiger partial charge in [-0.25, -0.2) is 0 Å². The number of carboxylic acid groups (broad SMARTS) is 1. The summed E-state index contributed by atoms with van der Waals surface area (Å²) in [5.74, 6) is -2.31. The van der Waals surface area contributed by atoms with Crippen LogP contribution in [0.5, 0.6) is 0 Å². The molecule has 2 unspecified atom stereocenters. The van der Waals surface area contributed by atoms with Gasteiger partial charge >= 0.3 is 11.9 Å². The van der Waals surface area contributed by atoms with Crippen molar-refractivity contribution in [2.45, 2.75) is 257 Å². The highest BCUT2D eigenvalue weighted by Gasteiger charge is 2.22. The number of allylic oxidation sites excluding steroid dienone is 20. The highest BCUT2D eigenvalue weighted by molar-refractivity contribution is 5.70. The summed E-state index contributed by atoms with van der Waals surface area (Å²) < 4.78 is 22.7. The third kappa shape index (κ3) is 61.2. The minimum Gasteiger partial charge on any atom is -0.545 e. The van der Waals surface area contributed by atoms with Crippen molar-refractivity contribution >= 4 is 17.9 Å². The molecule has 0 radical (unpaired) electrons. The molecule has 79 heavy (non-hydrogen) atoms. The second-order valence-electron chi connectivity index (χ2n) is 21.9. The molecule has 0 aromatic rings. The van der Waals surface area contributed by atoms with Crippen LogP contribution in [0.2, 0.25) is 0 Å². The van der Waals surface area contributed by atoms with Crippen LogP contribution in [0.15, 0.2) is 122 Å². The smallest absolute Gasteiger partial charge is 0.306 e. The van der Waals surface area contributed by atoms with E-state index in [-0.39, 0.29) is 38.6 Å². The van der Waals surface area contributed by atoms with Gasteiger partial charge in [0.25, 0.3) is 0 Å². The average molecular weight is 1100 g/mol. The second-order valence-corrected chi connectivity index (χ2v) is 21.9. The van der Waals surface area contributed by atoms with E-state index in [2.05, 4.69) is 135 Å². The first-order valence-electron chi connectivity index (χ1n) is 31.7. The molecule has 0 bridgehead atoms. The van der Waals surface area contributed by atoms with Crippen LogP contribution in [-0.4, -0.2) is 82.3 Å². The molecule has 0 aliphatic rings. The van der Waals surface area contributed by atoms with Crippen LogP contribution in [0.25, 0.3) is 0 Å². The van der Waals surface area contributed by atoms with E-state index in [9.17, 15) is 19.5 Å². The van der Waals surface area contributed by atoms with Gasteiger partial charge in [0.2, 0.25) is 0 Å². The molecule has 0 aromatic heterocycles. The number of ether oxygens (including phenoxy) is 4. The zero-order chi connectivity index (χ0) is 57.6. The fraction of sp³-hybridized carbons (Fsp3) is 0.671. The molecule has 0 aliphatic carbocycles. The number of quaternary nitrogens is 1. The minimum atomic E-state index is -1.63. The van der Waals surface area contributed by atoms with Crippen molar-refractivity contribution in [2.24, 2.45) is 0 Å². The summed E-state index contributed by atoms with van der Waals surface area (Å²) in [7, 11) is 5.91. The molecular formula is C70H117NO8. The SMILES string of the molecule is CC/C=C\C/C=C\C/C=C\C/C=C\C/C=C\C/C=C\CCCCCCCCC(=O)OC(COC(=O)CCCCCCCCCCCCCCCCCC/C=C\C/C=C\C/C=C\C/C=C\CC)COC(OCC[N+](C)(C)C)C(=O)[O-]. The normalized spacial score (nSPS) is 13.6. The first-order chi connectivity index (χ1) is 38.6. The maximum Gasteiger partial charge on any atom is 0.306 e. The summed E-state index contributed by atoms with van der Waals surface area (Å²) in [5.41, 5.74) is 0. The lowest BCUT2D eigenvalue weighted by molar-refractivity contribution is -0.870. The molecular weight excluding hydrogens is 983 g/mol. The number of carboxylic acids is 1. The zero-order valence-corrected chi connectivity index (χ0v) is 51.2. The summed E-state index contributed by atoms with van der Waals surface area (Å²) >= 11 is 0. The lowest BCUT2D eigenvalue weighted by atomic mass is 10.0. The minimum absolute atomic E-state index is 0.139. The Morgan fingerprint density at radius 1 is 0.380 bits per heavy atom. The number of likely N-dealkylation sites (N-methyl/N-ethyl adjacent to an activating group) is 1. The van der Waals surface area contributed by atoms with E-state index in [1.54, 1.807) is 0 Å². The number of hydrogen-bond acceptors (Lipinski definition) is 8. The predicted molar refractivity (Wildman–Crippen MR) is 333 cm³/mol. The van der Waals surface area contributed by atoms with Crippen LogP contribution >= 0.6 is 0 Å². The third-order valence-electron chi connectivity index (χ3n) is 13.2. The van der Waals surface area contributed by atoms with Crippen molar-refractivity contribution in [3.63, 3.8) is 0 Å². The maximum atomic E-state index is 12.9. The van der Waals surface area contributed by atoms with Gasteiger partial charge in [-0.05, 0) is 103 Å². The molecule has 0 saturated carbocycles. The number of aliphatic carboxylic acids is 1. The first-order valence-corrected chi connectivity index (χ1v) is 31.7. The Labute approximate surface area is 485 Å². The van der Waals surface area contributed by atoms with Crippen molar-refractivity contribution in [1.82, 2.24) is 0 Å².